The topological polar surface area (TPSA) is 57.6 Å². The predicted octanol–water partition coefficient (Wildman–Crippen LogP) is 1.97. The number of thioether (sulfide) groups is 1. The second-order valence-electron chi connectivity index (χ2n) is 4.20. The maximum Gasteiger partial charge on any atom is 0.328 e. The first-order valence-electron chi connectivity index (χ1n) is 6.05. The van der Waals surface area contributed by atoms with Crippen LogP contribution in [0.4, 0.5) is 0 Å². The van der Waals surface area contributed by atoms with Crippen LogP contribution in [0.15, 0.2) is 30.3 Å². The number of hydrogen-bond donors (Lipinski definition) is 1. The molecule has 0 unspecified atom stereocenters. The first-order chi connectivity index (χ1) is 9.16. The van der Waals surface area contributed by atoms with Crippen LogP contribution in [-0.4, -0.2) is 46.5 Å². The van der Waals surface area contributed by atoms with Crippen LogP contribution in [0.25, 0.3) is 6.08 Å². The summed E-state index contributed by atoms with van der Waals surface area (Å²) in [6.07, 6.45) is 2.59. The summed E-state index contributed by atoms with van der Waals surface area (Å²) in [5, 5.41) is 8.54. The molecule has 0 aromatic heterocycles. The van der Waals surface area contributed by atoms with E-state index >= 15 is 0 Å². The molecule has 1 aliphatic rings. The van der Waals surface area contributed by atoms with E-state index in [4.69, 9.17) is 5.11 Å². The quantitative estimate of drug-likeness (QED) is 0.858. The SMILES string of the molecule is O=C(O)/C=C/c1ccc(C(=O)N2CCSCC2)cc1. The van der Waals surface area contributed by atoms with Gasteiger partial charge in [-0.25, -0.2) is 4.79 Å². The zero-order chi connectivity index (χ0) is 13.7. The van der Waals surface area contributed by atoms with E-state index in [1.165, 1.54) is 6.08 Å². The van der Waals surface area contributed by atoms with Gasteiger partial charge in [0.25, 0.3) is 5.91 Å². The van der Waals surface area contributed by atoms with Crippen LogP contribution in [0, 0.1) is 0 Å². The summed E-state index contributed by atoms with van der Waals surface area (Å²) in [6.45, 7) is 1.59. The van der Waals surface area contributed by atoms with Gasteiger partial charge in [0.1, 0.15) is 0 Å². The summed E-state index contributed by atoms with van der Waals surface area (Å²) in [4.78, 5) is 24.4. The molecule has 0 bridgehead atoms. The molecule has 1 amide bonds. The van der Waals surface area contributed by atoms with E-state index in [0.717, 1.165) is 36.2 Å². The van der Waals surface area contributed by atoms with Crippen LogP contribution in [0.1, 0.15) is 15.9 Å². The van der Waals surface area contributed by atoms with Crippen LogP contribution in [0.3, 0.4) is 0 Å². The maximum absolute atomic E-state index is 12.2. The third kappa shape index (κ3) is 3.86. The van der Waals surface area contributed by atoms with Gasteiger partial charge < -0.3 is 10.0 Å². The van der Waals surface area contributed by atoms with Crippen molar-refractivity contribution in [3.05, 3.63) is 41.5 Å². The smallest absolute Gasteiger partial charge is 0.328 e. The highest BCUT2D eigenvalue weighted by atomic mass is 32.2. The van der Waals surface area contributed by atoms with Crippen LogP contribution >= 0.6 is 11.8 Å². The molecule has 100 valence electrons. The highest BCUT2D eigenvalue weighted by Crippen LogP contribution is 2.14. The minimum atomic E-state index is -0.981. The van der Waals surface area contributed by atoms with E-state index in [1.54, 1.807) is 24.3 Å². The lowest BCUT2D eigenvalue weighted by Gasteiger charge is -2.26. The molecule has 19 heavy (non-hydrogen) atoms. The van der Waals surface area contributed by atoms with Gasteiger partial charge in [-0.15, -0.1) is 0 Å². The number of amides is 1. The van der Waals surface area contributed by atoms with Gasteiger partial charge in [-0.3, -0.25) is 4.79 Å². The van der Waals surface area contributed by atoms with Crippen molar-refractivity contribution in [2.75, 3.05) is 24.6 Å². The zero-order valence-corrected chi connectivity index (χ0v) is 11.2. The van der Waals surface area contributed by atoms with Gasteiger partial charge in [0, 0.05) is 36.2 Å². The van der Waals surface area contributed by atoms with Crippen molar-refractivity contribution < 1.29 is 14.7 Å². The van der Waals surface area contributed by atoms with E-state index in [2.05, 4.69) is 0 Å². The lowest BCUT2D eigenvalue weighted by Crippen LogP contribution is -2.37. The van der Waals surface area contributed by atoms with Gasteiger partial charge in [0.05, 0.1) is 0 Å². The largest absolute Gasteiger partial charge is 0.478 e. The molecule has 1 fully saturated rings. The normalized spacial score (nSPS) is 15.7. The molecule has 0 radical (unpaired) electrons. The first-order valence-corrected chi connectivity index (χ1v) is 7.20. The molecule has 1 aromatic carbocycles. The maximum atomic E-state index is 12.2. The van der Waals surface area contributed by atoms with E-state index in [-0.39, 0.29) is 5.91 Å². The van der Waals surface area contributed by atoms with E-state index in [0.29, 0.717) is 5.56 Å². The fourth-order valence-electron chi connectivity index (χ4n) is 1.85. The van der Waals surface area contributed by atoms with Crippen molar-refractivity contribution in [1.29, 1.82) is 0 Å². The van der Waals surface area contributed by atoms with Crippen LogP contribution < -0.4 is 0 Å². The Hall–Kier alpha value is -1.75. The van der Waals surface area contributed by atoms with Crippen LogP contribution in [0.2, 0.25) is 0 Å². The van der Waals surface area contributed by atoms with E-state index < -0.39 is 5.97 Å². The van der Waals surface area contributed by atoms with Crippen molar-refractivity contribution in [2.24, 2.45) is 0 Å². The van der Waals surface area contributed by atoms with Gasteiger partial charge in [0.15, 0.2) is 0 Å². The minimum Gasteiger partial charge on any atom is -0.478 e. The van der Waals surface area contributed by atoms with Crippen molar-refractivity contribution in [1.82, 2.24) is 4.90 Å². The number of hydrogen-bond acceptors (Lipinski definition) is 3. The second-order valence-corrected chi connectivity index (χ2v) is 5.42. The molecular formula is C14H15NO3S. The first kappa shape index (κ1) is 13.7. The number of nitrogens with zero attached hydrogens (tertiary/aromatic N) is 1. The lowest BCUT2D eigenvalue weighted by atomic mass is 10.1. The molecule has 0 spiro atoms. The summed E-state index contributed by atoms with van der Waals surface area (Å²) in [7, 11) is 0. The Morgan fingerprint density at radius 1 is 1.16 bits per heavy atom. The number of benzene rings is 1. The molecule has 0 atom stereocenters. The average molecular weight is 277 g/mol. The molecule has 4 nitrogen and oxygen atoms in total. The third-order valence-electron chi connectivity index (χ3n) is 2.87. The number of carbonyl (C=O) groups is 2. The Labute approximate surface area is 116 Å². The highest BCUT2D eigenvalue weighted by molar-refractivity contribution is 7.99. The lowest BCUT2D eigenvalue weighted by molar-refractivity contribution is -0.131. The van der Waals surface area contributed by atoms with Crippen LogP contribution in [-0.2, 0) is 4.79 Å². The van der Waals surface area contributed by atoms with Gasteiger partial charge in [-0.2, -0.15) is 11.8 Å². The standard InChI is InChI=1S/C14H15NO3S/c16-13(17)6-3-11-1-4-12(5-2-11)14(18)15-7-9-19-10-8-15/h1-6H,7-10H2,(H,16,17)/b6-3+. The Morgan fingerprint density at radius 3 is 2.37 bits per heavy atom. The molecule has 2 rings (SSSR count). The third-order valence-corrected chi connectivity index (χ3v) is 3.82. The van der Waals surface area contributed by atoms with Crippen molar-refractivity contribution in [3.8, 4) is 0 Å². The predicted molar refractivity (Wildman–Crippen MR) is 76.3 cm³/mol. The number of carboxylic acids is 1. The Balaban J connectivity index is 2.05. The minimum absolute atomic E-state index is 0.0501. The number of rotatable bonds is 3. The fraction of sp³-hybridized carbons (Fsp3) is 0.286. The summed E-state index contributed by atoms with van der Waals surface area (Å²) >= 11 is 1.86. The van der Waals surface area contributed by atoms with Gasteiger partial charge in [0.2, 0.25) is 0 Å². The van der Waals surface area contributed by atoms with Gasteiger partial charge in [-0.1, -0.05) is 12.1 Å². The summed E-state index contributed by atoms with van der Waals surface area (Å²) in [5.41, 5.74) is 1.42. The molecule has 1 aromatic rings. The molecule has 1 N–H and O–H groups in total. The Morgan fingerprint density at radius 2 is 1.79 bits per heavy atom. The highest BCUT2D eigenvalue weighted by Gasteiger charge is 2.17. The van der Waals surface area contributed by atoms with Crippen molar-refractivity contribution in [3.63, 3.8) is 0 Å². The number of carbonyl (C=O) groups excluding carboxylic acids is 1. The molecule has 1 saturated heterocycles. The zero-order valence-electron chi connectivity index (χ0n) is 10.4. The Bertz CT molecular complexity index is 490. The second kappa shape index (κ2) is 6.43. The summed E-state index contributed by atoms with van der Waals surface area (Å²) in [5.74, 6) is 1.05. The molecule has 0 aliphatic carbocycles. The molecule has 1 aliphatic heterocycles. The number of aliphatic carboxylic acids is 1. The monoisotopic (exact) mass is 277 g/mol. The van der Waals surface area contributed by atoms with Gasteiger partial charge in [-0.05, 0) is 23.8 Å². The Kier molecular flexibility index (Phi) is 4.63. The van der Waals surface area contributed by atoms with Crippen molar-refractivity contribution in [2.45, 2.75) is 0 Å². The van der Waals surface area contributed by atoms with E-state index in [9.17, 15) is 9.59 Å². The van der Waals surface area contributed by atoms with Crippen LogP contribution in [0.5, 0.6) is 0 Å². The molecule has 1 heterocycles. The van der Waals surface area contributed by atoms with Crippen molar-refractivity contribution >= 4 is 29.7 Å². The summed E-state index contributed by atoms with van der Waals surface area (Å²) in [6, 6.07) is 6.99. The fourth-order valence-corrected chi connectivity index (χ4v) is 2.76. The summed E-state index contributed by atoms with van der Waals surface area (Å²) < 4.78 is 0. The average Bonchev–Trinajstić information content (AvgIpc) is 2.46. The molecule has 5 heteroatoms. The van der Waals surface area contributed by atoms with E-state index in [1.807, 2.05) is 16.7 Å². The number of carboxylic acid groups (broad SMARTS) is 1. The van der Waals surface area contributed by atoms with Gasteiger partial charge >= 0.3 is 5.97 Å². The molecular weight excluding hydrogens is 262 g/mol. The molecule has 0 saturated carbocycles.